The van der Waals surface area contributed by atoms with E-state index in [1.165, 1.54) is 24.3 Å². The van der Waals surface area contributed by atoms with E-state index in [1.54, 1.807) is 6.08 Å². The highest BCUT2D eigenvalue weighted by Gasteiger charge is 2.12. The summed E-state index contributed by atoms with van der Waals surface area (Å²) in [6, 6.07) is 0. The van der Waals surface area contributed by atoms with Gasteiger partial charge < -0.3 is 5.32 Å². The number of nitrogens with zero attached hydrogens (tertiary/aromatic N) is 1. The van der Waals surface area contributed by atoms with Crippen LogP contribution in [0.5, 0.6) is 0 Å². The van der Waals surface area contributed by atoms with Crippen LogP contribution in [0.25, 0.3) is 0 Å². The summed E-state index contributed by atoms with van der Waals surface area (Å²) in [5.41, 5.74) is 0.903. The van der Waals surface area contributed by atoms with Gasteiger partial charge in [-0.2, -0.15) is 0 Å². The second kappa shape index (κ2) is 8.82. The highest BCUT2D eigenvalue weighted by atomic mass is 32.2. The van der Waals surface area contributed by atoms with Crippen molar-refractivity contribution in [2.24, 2.45) is 4.99 Å². The number of amides is 1. The molecule has 1 amide bonds. The Kier molecular flexibility index (Phi) is 8.15. The molecule has 17 heavy (non-hydrogen) atoms. The van der Waals surface area contributed by atoms with Gasteiger partial charge in [-0.3, -0.25) is 4.79 Å². The fourth-order valence-electron chi connectivity index (χ4n) is 0.971. The normalized spacial score (nSPS) is 18.7. The molecule has 1 aliphatic heterocycles. The number of carbonyl (C=O) groups excluding carboxylic acids is 1. The molecule has 3 nitrogen and oxygen atoms in total. The van der Waals surface area contributed by atoms with Crippen molar-refractivity contribution < 1.29 is 4.79 Å². The molecule has 0 aromatic rings. The zero-order valence-electron chi connectivity index (χ0n) is 10.9. The number of allylic oxidation sites excluding steroid dienone is 1. The number of rotatable bonds is 2. The van der Waals surface area contributed by atoms with Crippen LogP contribution in [-0.4, -0.2) is 18.0 Å². The number of amidine groups is 1. The predicted molar refractivity (Wildman–Crippen MR) is 77.1 cm³/mol. The quantitative estimate of drug-likeness (QED) is 0.819. The summed E-state index contributed by atoms with van der Waals surface area (Å²) < 4.78 is 0. The Morgan fingerprint density at radius 2 is 2.12 bits per heavy atom. The first-order valence-corrected chi connectivity index (χ1v) is 6.78. The number of hydrogen-bond donors (Lipinski definition) is 1. The van der Waals surface area contributed by atoms with Gasteiger partial charge >= 0.3 is 0 Å². The molecule has 0 bridgehead atoms. The van der Waals surface area contributed by atoms with Crippen LogP contribution in [0.2, 0.25) is 0 Å². The Hall–Kier alpha value is -1.29. The molecule has 0 atom stereocenters. The van der Waals surface area contributed by atoms with Gasteiger partial charge in [-0.15, -0.1) is 11.8 Å². The molecule has 94 valence electrons. The number of hydrogen-bond acceptors (Lipinski definition) is 3. The van der Waals surface area contributed by atoms with Crippen LogP contribution in [0.1, 0.15) is 27.2 Å². The Morgan fingerprint density at radius 3 is 2.59 bits per heavy atom. The largest absolute Gasteiger partial charge is 0.307 e. The molecular formula is C13H20N2OS. The third-order valence-corrected chi connectivity index (χ3v) is 2.27. The van der Waals surface area contributed by atoms with E-state index in [4.69, 9.17) is 0 Å². The lowest BCUT2D eigenvalue weighted by Crippen LogP contribution is -2.33. The van der Waals surface area contributed by atoms with Gasteiger partial charge in [0, 0.05) is 11.6 Å². The average molecular weight is 252 g/mol. The lowest BCUT2D eigenvalue weighted by molar-refractivity contribution is -0.115. The number of aliphatic imine (C=N–C) groups is 1. The lowest BCUT2D eigenvalue weighted by Gasteiger charge is -2.12. The second-order valence-electron chi connectivity index (χ2n) is 3.33. The van der Waals surface area contributed by atoms with Gasteiger partial charge in [0.2, 0.25) is 5.91 Å². The topological polar surface area (TPSA) is 41.5 Å². The molecule has 0 aliphatic carbocycles. The van der Waals surface area contributed by atoms with Crippen LogP contribution >= 0.6 is 11.8 Å². The minimum Gasteiger partial charge on any atom is -0.307 e. The van der Waals surface area contributed by atoms with E-state index in [9.17, 15) is 4.79 Å². The molecule has 0 aromatic heterocycles. The van der Waals surface area contributed by atoms with Crippen molar-refractivity contribution in [3.05, 3.63) is 35.4 Å². The van der Waals surface area contributed by atoms with Gasteiger partial charge in [-0.05, 0) is 19.3 Å². The maximum absolute atomic E-state index is 11.1. The highest BCUT2D eigenvalue weighted by molar-refractivity contribution is 8.02. The standard InChI is InChI=1S/C10H12N2OS.C3H8/c1-4-8-5-6-9(13)12-10(8)11-7(2)14-3;1-3-2/h4-6H,2H2,1,3H3,(H,11,12,13);3H2,1-2H3/b8-4-;. The molecule has 0 aromatic carbocycles. The number of nitrogens with one attached hydrogen (secondary N) is 1. The molecule has 4 heteroatoms. The van der Waals surface area contributed by atoms with E-state index in [1.807, 2.05) is 19.3 Å². The van der Waals surface area contributed by atoms with E-state index in [0.29, 0.717) is 10.9 Å². The first-order chi connectivity index (χ1) is 8.08. The third kappa shape index (κ3) is 6.12. The summed E-state index contributed by atoms with van der Waals surface area (Å²) in [6.45, 7) is 9.88. The van der Waals surface area contributed by atoms with Gasteiger partial charge in [0.05, 0.1) is 5.03 Å². The van der Waals surface area contributed by atoms with Gasteiger partial charge in [0.25, 0.3) is 0 Å². The van der Waals surface area contributed by atoms with Crippen molar-refractivity contribution >= 4 is 23.5 Å². The number of thioether (sulfide) groups is 1. The summed E-state index contributed by atoms with van der Waals surface area (Å²) in [6.07, 6.45) is 8.26. The maximum atomic E-state index is 11.1. The monoisotopic (exact) mass is 252 g/mol. The van der Waals surface area contributed by atoms with E-state index >= 15 is 0 Å². The first-order valence-electron chi connectivity index (χ1n) is 5.56. The molecule has 1 rings (SSSR count). The molecule has 0 unspecified atom stereocenters. The maximum Gasteiger partial charge on any atom is 0.249 e. The SMILES string of the molecule is C=C(/N=C1/NC(=O)C=C/C1=C/C)SC.CCC. The van der Waals surface area contributed by atoms with Gasteiger partial charge in [-0.1, -0.05) is 32.9 Å². The Bertz CT molecular complexity index is 368. The molecule has 1 N–H and O–H groups in total. The molecule has 0 fully saturated rings. The van der Waals surface area contributed by atoms with E-state index in [2.05, 4.69) is 30.7 Å². The summed E-state index contributed by atoms with van der Waals surface area (Å²) >= 11 is 1.45. The van der Waals surface area contributed by atoms with Gasteiger partial charge in [0.1, 0.15) is 5.84 Å². The summed E-state index contributed by atoms with van der Waals surface area (Å²) in [4.78, 5) is 15.3. The van der Waals surface area contributed by atoms with Gasteiger partial charge in [0.15, 0.2) is 0 Å². The van der Waals surface area contributed by atoms with Crippen molar-refractivity contribution in [1.82, 2.24) is 5.32 Å². The van der Waals surface area contributed by atoms with Crippen LogP contribution in [-0.2, 0) is 4.79 Å². The summed E-state index contributed by atoms with van der Waals surface area (Å²) in [5, 5.41) is 3.34. The van der Waals surface area contributed by atoms with Crippen molar-refractivity contribution in [3.63, 3.8) is 0 Å². The zero-order chi connectivity index (χ0) is 13.3. The van der Waals surface area contributed by atoms with Crippen LogP contribution in [0.3, 0.4) is 0 Å². The third-order valence-electron chi connectivity index (χ3n) is 1.71. The Morgan fingerprint density at radius 1 is 1.53 bits per heavy atom. The van der Waals surface area contributed by atoms with Gasteiger partial charge in [-0.25, -0.2) is 4.99 Å². The van der Waals surface area contributed by atoms with Crippen LogP contribution < -0.4 is 5.32 Å². The Labute approximate surface area is 108 Å². The van der Waals surface area contributed by atoms with Crippen molar-refractivity contribution in [2.45, 2.75) is 27.2 Å². The number of carbonyl (C=O) groups is 1. The van der Waals surface area contributed by atoms with Crippen molar-refractivity contribution in [3.8, 4) is 0 Å². The molecule has 0 saturated heterocycles. The molecular weight excluding hydrogens is 232 g/mol. The second-order valence-corrected chi connectivity index (χ2v) is 4.21. The molecule has 0 saturated carbocycles. The van der Waals surface area contributed by atoms with E-state index in [0.717, 1.165) is 5.57 Å². The molecule has 1 heterocycles. The van der Waals surface area contributed by atoms with E-state index < -0.39 is 0 Å². The minimum absolute atomic E-state index is 0.150. The van der Waals surface area contributed by atoms with Crippen molar-refractivity contribution in [1.29, 1.82) is 0 Å². The van der Waals surface area contributed by atoms with Crippen LogP contribution in [0, 0.1) is 0 Å². The van der Waals surface area contributed by atoms with Crippen LogP contribution in [0.15, 0.2) is 40.4 Å². The Balaban J connectivity index is 0.000000770. The molecule has 1 aliphatic rings. The smallest absolute Gasteiger partial charge is 0.249 e. The first kappa shape index (κ1) is 15.7. The van der Waals surface area contributed by atoms with E-state index in [-0.39, 0.29) is 5.91 Å². The molecule has 0 radical (unpaired) electrons. The highest BCUT2D eigenvalue weighted by Crippen LogP contribution is 2.13. The summed E-state index contributed by atoms with van der Waals surface area (Å²) in [5.74, 6) is 0.419. The lowest BCUT2D eigenvalue weighted by atomic mass is 10.1. The average Bonchev–Trinajstić information content (AvgIpc) is 2.30. The minimum atomic E-state index is -0.150. The van der Waals surface area contributed by atoms with Crippen LogP contribution in [0.4, 0.5) is 0 Å². The zero-order valence-corrected chi connectivity index (χ0v) is 11.7. The fourth-order valence-corrected chi connectivity index (χ4v) is 1.15. The van der Waals surface area contributed by atoms with Crippen molar-refractivity contribution in [2.75, 3.05) is 6.26 Å². The predicted octanol–water partition coefficient (Wildman–Crippen LogP) is 3.27. The fraction of sp³-hybridized carbons (Fsp3) is 0.385. The summed E-state index contributed by atoms with van der Waals surface area (Å²) in [7, 11) is 0. The molecule has 0 spiro atoms.